The topological polar surface area (TPSA) is 56.1 Å². The number of likely N-dealkylation sites (tertiary alicyclic amines) is 1. The van der Waals surface area contributed by atoms with E-state index in [4.69, 9.17) is 0 Å². The van der Waals surface area contributed by atoms with Gasteiger partial charge in [0.2, 0.25) is 5.91 Å². The summed E-state index contributed by atoms with van der Waals surface area (Å²) < 4.78 is 0. The summed E-state index contributed by atoms with van der Waals surface area (Å²) in [5.41, 5.74) is 0.905. The predicted molar refractivity (Wildman–Crippen MR) is 88.4 cm³/mol. The van der Waals surface area contributed by atoms with Crippen molar-refractivity contribution in [1.82, 2.24) is 10.2 Å². The summed E-state index contributed by atoms with van der Waals surface area (Å²) in [4.78, 5) is 14.3. The van der Waals surface area contributed by atoms with Crippen molar-refractivity contribution in [2.75, 3.05) is 13.1 Å². The van der Waals surface area contributed by atoms with E-state index in [2.05, 4.69) is 25.2 Å². The van der Waals surface area contributed by atoms with Crippen LogP contribution in [-0.2, 0) is 4.79 Å². The number of rotatable bonds is 3. The summed E-state index contributed by atoms with van der Waals surface area (Å²) in [7, 11) is 0. The molecule has 23 heavy (non-hydrogen) atoms. The first-order valence-electron chi connectivity index (χ1n) is 9.35. The molecule has 4 heteroatoms. The molecule has 5 fully saturated rings. The number of carbonyl (C=O) groups excluding carboxylic acids is 1. The zero-order chi connectivity index (χ0) is 16.2. The second kappa shape index (κ2) is 5.21. The molecule has 0 aromatic rings. The SMILES string of the molecule is CC12CC3CC(C1)C(NCC(=O)N1CCC[C@H]1C#N)C(C)(C3)C2. The Balaban J connectivity index is 1.42. The lowest BCUT2D eigenvalue weighted by molar-refractivity contribution is -0.134. The number of amides is 1. The van der Waals surface area contributed by atoms with E-state index in [9.17, 15) is 10.1 Å². The summed E-state index contributed by atoms with van der Waals surface area (Å²) in [6, 6.07) is 2.56. The van der Waals surface area contributed by atoms with Gasteiger partial charge in [0.05, 0.1) is 12.6 Å². The van der Waals surface area contributed by atoms with Crippen LogP contribution in [0.5, 0.6) is 0 Å². The maximum absolute atomic E-state index is 12.5. The second-order valence-electron chi connectivity index (χ2n) is 9.35. The highest BCUT2D eigenvalue weighted by molar-refractivity contribution is 5.79. The highest BCUT2D eigenvalue weighted by atomic mass is 16.2. The lowest BCUT2D eigenvalue weighted by atomic mass is 9.43. The fourth-order valence-corrected chi connectivity index (χ4v) is 6.99. The maximum Gasteiger partial charge on any atom is 0.237 e. The zero-order valence-electron chi connectivity index (χ0n) is 14.5. The van der Waals surface area contributed by atoms with E-state index in [0.29, 0.717) is 23.4 Å². The van der Waals surface area contributed by atoms with Crippen LogP contribution >= 0.6 is 0 Å². The Kier molecular flexibility index (Phi) is 3.50. The largest absolute Gasteiger partial charge is 0.326 e. The van der Waals surface area contributed by atoms with Crippen molar-refractivity contribution in [2.24, 2.45) is 22.7 Å². The van der Waals surface area contributed by atoms with Gasteiger partial charge in [-0.1, -0.05) is 13.8 Å². The number of nitriles is 1. The van der Waals surface area contributed by atoms with Gasteiger partial charge >= 0.3 is 0 Å². The molecule has 0 spiro atoms. The average Bonchev–Trinajstić information content (AvgIpc) is 2.92. The standard InChI is InChI=1S/C19H29N3O/c1-18-7-13-6-14(9-18)17(19(2,8-13)12-18)21-11-16(23)22-5-3-4-15(22)10-20/h13-15,17,21H,3-9,11-12H2,1-2H3/t13?,14?,15-,17?,18?,19?/m0/s1. The fourth-order valence-electron chi connectivity index (χ4n) is 6.99. The molecular formula is C19H29N3O. The van der Waals surface area contributed by atoms with E-state index in [1.54, 1.807) is 4.90 Å². The van der Waals surface area contributed by atoms with Gasteiger partial charge in [-0.3, -0.25) is 4.79 Å². The molecule has 1 heterocycles. The Morgan fingerprint density at radius 3 is 2.87 bits per heavy atom. The maximum atomic E-state index is 12.5. The van der Waals surface area contributed by atoms with Gasteiger partial charge in [-0.2, -0.15) is 5.26 Å². The molecule has 1 saturated heterocycles. The van der Waals surface area contributed by atoms with Crippen molar-refractivity contribution < 1.29 is 4.79 Å². The predicted octanol–water partition coefficient (Wildman–Crippen LogP) is 2.70. The van der Waals surface area contributed by atoms with Crippen LogP contribution in [0.3, 0.4) is 0 Å². The van der Waals surface area contributed by atoms with Crippen LogP contribution in [0.4, 0.5) is 0 Å². The third-order valence-electron chi connectivity index (χ3n) is 7.18. The number of nitrogens with zero attached hydrogens (tertiary/aromatic N) is 2. The molecule has 5 aliphatic rings. The highest BCUT2D eigenvalue weighted by Crippen LogP contribution is 2.64. The van der Waals surface area contributed by atoms with Crippen molar-refractivity contribution >= 4 is 5.91 Å². The van der Waals surface area contributed by atoms with Gasteiger partial charge in [-0.25, -0.2) is 0 Å². The number of nitrogens with one attached hydrogen (secondary N) is 1. The normalized spacial score (nSPS) is 47.8. The van der Waals surface area contributed by atoms with Crippen molar-refractivity contribution in [3.63, 3.8) is 0 Å². The van der Waals surface area contributed by atoms with Crippen LogP contribution in [0, 0.1) is 34.0 Å². The zero-order valence-corrected chi connectivity index (χ0v) is 14.5. The van der Waals surface area contributed by atoms with Gasteiger partial charge in [0.15, 0.2) is 0 Å². The van der Waals surface area contributed by atoms with E-state index in [1.165, 1.54) is 32.1 Å². The van der Waals surface area contributed by atoms with Crippen LogP contribution in [0.1, 0.15) is 58.8 Å². The van der Waals surface area contributed by atoms with Crippen LogP contribution in [0.15, 0.2) is 0 Å². The van der Waals surface area contributed by atoms with Crippen molar-refractivity contribution in [2.45, 2.75) is 70.9 Å². The molecule has 126 valence electrons. The van der Waals surface area contributed by atoms with Crippen molar-refractivity contribution in [3.05, 3.63) is 0 Å². The molecule has 6 atom stereocenters. The molecule has 5 rings (SSSR count). The van der Waals surface area contributed by atoms with Gasteiger partial charge in [-0.05, 0) is 67.6 Å². The number of carbonyl (C=O) groups is 1. The summed E-state index contributed by atoms with van der Waals surface area (Å²) in [5.74, 6) is 1.77. The lowest BCUT2D eigenvalue weighted by Gasteiger charge is -2.64. The summed E-state index contributed by atoms with van der Waals surface area (Å²) in [6.07, 6.45) is 8.54. The molecule has 4 aliphatic carbocycles. The minimum atomic E-state index is -0.197. The molecule has 0 aromatic heterocycles. The minimum absolute atomic E-state index is 0.123. The quantitative estimate of drug-likeness (QED) is 0.871. The van der Waals surface area contributed by atoms with E-state index in [0.717, 1.165) is 31.2 Å². The second-order valence-corrected chi connectivity index (χ2v) is 9.35. The summed E-state index contributed by atoms with van der Waals surface area (Å²) >= 11 is 0. The van der Waals surface area contributed by atoms with Crippen molar-refractivity contribution in [1.29, 1.82) is 5.26 Å². The van der Waals surface area contributed by atoms with E-state index < -0.39 is 0 Å². The molecule has 1 N–H and O–H groups in total. The summed E-state index contributed by atoms with van der Waals surface area (Å²) in [5, 5.41) is 12.8. The first kappa shape index (κ1) is 15.4. The average molecular weight is 315 g/mol. The Labute approximate surface area is 139 Å². The molecule has 1 aliphatic heterocycles. The van der Waals surface area contributed by atoms with Crippen LogP contribution in [0.25, 0.3) is 0 Å². The Hall–Kier alpha value is -1.08. The molecule has 4 bridgehead atoms. The molecule has 0 aromatic carbocycles. The van der Waals surface area contributed by atoms with Crippen molar-refractivity contribution in [3.8, 4) is 6.07 Å². The van der Waals surface area contributed by atoms with Gasteiger partial charge in [0.25, 0.3) is 0 Å². The Morgan fingerprint density at radius 1 is 1.35 bits per heavy atom. The summed E-state index contributed by atoms with van der Waals surface area (Å²) in [6.45, 7) is 6.09. The molecule has 5 unspecified atom stereocenters. The molecule has 0 radical (unpaired) electrons. The van der Waals surface area contributed by atoms with Crippen LogP contribution < -0.4 is 5.32 Å². The first-order valence-corrected chi connectivity index (χ1v) is 9.35. The molecule has 4 nitrogen and oxygen atoms in total. The monoisotopic (exact) mass is 315 g/mol. The fraction of sp³-hybridized carbons (Fsp3) is 0.895. The molecule has 4 saturated carbocycles. The molecular weight excluding hydrogens is 286 g/mol. The third kappa shape index (κ3) is 2.48. The minimum Gasteiger partial charge on any atom is -0.326 e. The number of hydrogen-bond acceptors (Lipinski definition) is 3. The Morgan fingerprint density at radius 2 is 2.17 bits per heavy atom. The van der Waals surface area contributed by atoms with Gasteiger partial charge in [0, 0.05) is 12.6 Å². The van der Waals surface area contributed by atoms with Gasteiger partial charge in [0.1, 0.15) is 6.04 Å². The van der Waals surface area contributed by atoms with E-state index in [-0.39, 0.29) is 11.9 Å². The van der Waals surface area contributed by atoms with Crippen LogP contribution in [0.2, 0.25) is 0 Å². The third-order valence-corrected chi connectivity index (χ3v) is 7.18. The smallest absolute Gasteiger partial charge is 0.237 e. The number of hydrogen-bond donors (Lipinski definition) is 1. The molecule has 1 amide bonds. The first-order chi connectivity index (χ1) is 10.9. The lowest BCUT2D eigenvalue weighted by Crippen LogP contribution is -2.63. The highest BCUT2D eigenvalue weighted by Gasteiger charge is 2.58. The van der Waals surface area contributed by atoms with Gasteiger partial charge < -0.3 is 10.2 Å². The van der Waals surface area contributed by atoms with Crippen LogP contribution in [-0.4, -0.2) is 36.0 Å². The van der Waals surface area contributed by atoms with E-state index >= 15 is 0 Å². The van der Waals surface area contributed by atoms with Gasteiger partial charge in [-0.15, -0.1) is 0 Å². The van der Waals surface area contributed by atoms with E-state index in [1.807, 2.05) is 0 Å². The Bertz CT molecular complexity index is 555.